The van der Waals surface area contributed by atoms with Gasteiger partial charge in [-0.3, -0.25) is 24.5 Å². The van der Waals surface area contributed by atoms with E-state index in [0.29, 0.717) is 89.1 Å². The number of methoxy groups -OCH3 is 5. The summed E-state index contributed by atoms with van der Waals surface area (Å²) in [4.78, 5) is 62.8. The number of hydrogen-bond acceptors (Lipinski definition) is 19. The smallest absolute Gasteiger partial charge is 0.290 e. The summed E-state index contributed by atoms with van der Waals surface area (Å²) in [6.45, 7) is 5.84. The number of pyridine rings is 3. The van der Waals surface area contributed by atoms with E-state index >= 15 is 0 Å². The van der Waals surface area contributed by atoms with E-state index < -0.39 is 71.0 Å². The molecule has 3 atom stereocenters. The molecule has 11 heterocycles. The summed E-state index contributed by atoms with van der Waals surface area (Å²) >= 11 is 8.81. The Labute approximate surface area is 671 Å². The molecule has 0 aliphatic carbocycles. The van der Waals surface area contributed by atoms with Gasteiger partial charge in [0, 0.05) is 141 Å². The van der Waals surface area contributed by atoms with E-state index in [4.69, 9.17) is 58.8 Å². The molecular formula is C75H76Br2F8IN17O10. The first-order valence-corrected chi connectivity index (χ1v) is 37.0. The van der Waals surface area contributed by atoms with Crippen LogP contribution in [0.5, 0.6) is 17.6 Å². The van der Waals surface area contributed by atoms with E-state index in [1.807, 2.05) is 41.8 Å². The molecule has 113 heavy (non-hydrogen) atoms. The van der Waals surface area contributed by atoms with Gasteiger partial charge in [-0.2, -0.15) is 0 Å². The quantitative estimate of drug-likeness (QED) is 0.00861. The van der Waals surface area contributed by atoms with Gasteiger partial charge in [-0.05, 0) is 130 Å². The maximum absolute atomic E-state index is 13.9. The molecule has 27 nitrogen and oxygen atoms in total. The number of alkyl halides is 1. The second-order valence-corrected chi connectivity index (χ2v) is 25.6. The fourth-order valence-corrected chi connectivity index (χ4v) is 11.7. The Bertz CT molecular complexity index is 5430. The van der Waals surface area contributed by atoms with Gasteiger partial charge in [0.2, 0.25) is 17.6 Å². The van der Waals surface area contributed by atoms with Gasteiger partial charge < -0.3 is 67.6 Å². The fourth-order valence-electron chi connectivity index (χ4n) is 10.9. The number of H-pyrrole nitrogens is 2. The largest absolute Gasteiger partial charge is 0.483 e. The lowest BCUT2D eigenvalue weighted by Gasteiger charge is -2.22. The molecule has 9 aromatic heterocycles. The van der Waals surface area contributed by atoms with Gasteiger partial charge in [0.15, 0.2) is 76.4 Å². The molecule has 4 aromatic carbocycles. The number of aromatic nitrogens is 11. The number of benzene rings is 4. The Morgan fingerprint density at radius 1 is 0.628 bits per heavy atom. The van der Waals surface area contributed by atoms with Crippen molar-refractivity contribution in [2.75, 3.05) is 53.7 Å². The molecule has 0 bridgehead atoms. The van der Waals surface area contributed by atoms with E-state index in [0.717, 1.165) is 44.1 Å². The lowest BCUT2D eigenvalue weighted by atomic mass is 10.1. The third kappa shape index (κ3) is 22.4. The number of amidine groups is 3. The average Bonchev–Trinajstić information content (AvgIpc) is 1.65. The van der Waals surface area contributed by atoms with Crippen LogP contribution in [0.3, 0.4) is 0 Å². The molecule has 0 spiro atoms. The minimum atomic E-state index is -0.902. The van der Waals surface area contributed by atoms with Crippen LogP contribution in [0.25, 0.3) is 49.3 Å². The number of nitrogens with zero attached hydrogens (tertiary/aromatic N) is 12. The Balaban J connectivity index is 0.000000178. The van der Waals surface area contributed by atoms with Crippen LogP contribution in [0.4, 0.5) is 35.1 Å². The standard InChI is InChI=1S/C22H20F2N6O2.C18H15BrF2N4O2.C12H18BrN3O4.C9H7F2N.C8H5F2N.C4H6N2.CH3I.CH2O2/c1-12-8-30(11-25-12)19-5-4-17(27-22(19)31-3)21-26-18(10-32-28-21)14-9-29(2)20-7-16(24)15(23)6-13(14)20;1-25-7-10(9-5-12(20)13(21)6-16(9)25)15-8-27-24-17(22-15)14-4-3-11(19)18(23-14)26-2;1-7(12(18-3)19-4)20-16-10(14)9-6-5-8(13)11(15-9)17-2;1-12-3-2-6-4-7(10)8(11)5-9(6)12;9-6-3-5-1-2-11-8(5)4-7(6)10;1-4-2-5-3-6-4;1-2;2-1-3/h4-9,11,18H,10H2,1-3H3,(H,26,28);3-7,15H,8H2,1-2H3,(H,22,24);5-7,12H,1-4H3,(H2,14,16);2-5H,1H3;1-4,11H;2-3H,1H3,(H,5,6);1H3;1H,(H,2,3). The number of halogens is 11. The van der Waals surface area contributed by atoms with E-state index in [1.165, 1.54) is 70.9 Å². The van der Waals surface area contributed by atoms with Crippen LogP contribution in [0.15, 0.2) is 171 Å². The number of imidazole rings is 2. The number of carbonyl (C=O) groups is 1. The van der Waals surface area contributed by atoms with Crippen molar-refractivity contribution in [1.29, 1.82) is 0 Å². The van der Waals surface area contributed by atoms with E-state index in [9.17, 15) is 35.1 Å². The molecule has 0 radical (unpaired) electrons. The first-order chi connectivity index (χ1) is 54.2. The number of ether oxygens (including phenoxy) is 5. The number of aromatic amines is 2. The minimum absolute atomic E-state index is 0.133. The zero-order chi connectivity index (χ0) is 82.3. The zero-order valence-corrected chi connectivity index (χ0v) is 67.7. The minimum Gasteiger partial charge on any atom is -0.483 e. The summed E-state index contributed by atoms with van der Waals surface area (Å²) in [5, 5.41) is 13.3. The maximum Gasteiger partial charge on any atom is 0.290 e. The number of nitrogens with two attached hydrogens (primary N) is 1. The number of fused-ring (bicyclic) bond motifs is 4. The third-order valence-corrected chi connectivity index (χ3v) is 17.5. The van der Waals surface area contributed by atoms with Gasteiger partial charge in [-0.15, -0.1) is 0 Å². The van der Waals surface area contributed by atoms with Gasteiger partial charge >= 0.3 is 0 Å². The molecule has 38 heteroatoms. The van der Waals surface area contributed by atoms with Crippen molar-refractivity contribution < 1.29 is 83.2 Å². The number of oxime groups is 1. The summed E-state index contributed by atoms with van der Waals surface area (Å²) in [6.07, 6.45) is 13.1. The number of rotatable bonds is 14. The average molecular weight is 1810 g/mol. The van der Waals surface area contributed by atoms with Crippen molar-refractivity contribution in [1.82, 2.24) is 64.1 Å². The van der Waals surface area contributed by atoms with Crippen molar-refractivity contribution in [2.45, 2.75) is 45.2 Å². The molecule has 0 saturated heterocycles. The van der Waals surface area contributed by atoms with Crippen molar-refractivity contribution in [3.05, 3.63) is 242 Å². The number of carboxylic acid groups (broad SMARTS) is 1. The number of nitrogens with one attached hydrogen (secondary N) is 4. The van der Waals surface area contributed by atoms with Gasteiger partial charge in [0.25, 0.3) is 6.47 Å². The number of hydroxylamine groups is 2. The molecule has 13 aromatic rings. The topological polar surface area (TPSA) is 314 Å². The van der Waals surface area contributed by atoms with Crippen LogP contribution in [0.2, 0.25) is 0 Å². The van der Waals surface area contributed by atoms with Crippen molar-refractivity contribution in [3.63, 3.8) is 0 Å². The lowest BCUT2D eigenvalue weighted by molar-refractivity contribution is -0.175. The molecule has 2 aliphatic heterocycles. The van der Waals surface area contributed by atoms with E-state index in [2.05, 4.69) is 110 Å². The van der Waals surface area contributed by atoms with E-state index in [-0.39, 0.29) is 25.5 Å². The molecule has 7 N–H and O–H groups in total. The molecule has 0 saturated carbocycles. The highest BCUT2D eigenvalue weighted by molar-refractivity contribution is 14.1. The normalized spacial score (nSPS) is 13.8. The predicted octanol–water partition coefficient (Wildman–Crippen LogP) is 14.9. The van der Waals surface area contributed by atoms with Crippen LogP contribution in [0, 0.1) is 60.4 Å². The van der Waals surface area contributed by atoms with Crippen molar-refractivity contribution in [2.24, 2.45) is 42.0 Å². The van der Waals surface area contributed by atoms with Gasteiger partial charge in [0.05, 0.1) is 65.2 Å². The molecule has 0 fully saturated rings. The highest BCUT2D eigenvalue weighted by Crippen LogP contribution is 2.35. The van der Waals surface area contributed by atoms with Crippen molar-refractivity contribution >= 4 is 122 Å². The second-order valence-electron chi connectivity index (χ2n) is 23.8. The first-order valence-electron chi connectivity index (χ1n) is 33.3. The SMILES string of the molecule is CI.COc1nc(/C(N)=N/OC(C)C(OC)OC)ccc1Br.COc1nc(C2=NC(c3cn(C)c4cc(F)c(F)cc34)CON2)ccc1-n1cnc(C)c1.COc1nc(C2=NC(c3cn(C)c4cc(F)c(F)cc34)CON2)ccc1Br.Cc1cnc[nH]1.Cn1ccc2cc(F)c(F)cc21.Fc1cc2cc[nH]c2cc1F.O=CO. The number of hydrogen-bond donors (Lipinski definition) is 6. The summed E-state index contributed by atoms with van der Waals surface area (Å²) in [5.41, 5.74) is 19.5. The van der Waals surface area contributed by atoms with Crippen LogP contribution < -0.4 is 30.9 Å². The van der Waals surface area contributed by atoms with Gasteiger partial charge in [-0.1, -0.05) is 27.7 Å². The summed E-state index contributed by atoms with van der Waals surface area (Å²) in [5.74, 6) is -4.59. The summed E-state index contributed by atoms with van der Waals surface area (Å²) < 4.78 is 140. The Morgan fingerprint density at radius 2 is 1.12 bits per heavy atom. The monoisotopic (exact) mass is 1810 g/mol. The zero-order valence-electron chi connectivity index (χ0n) is 62.4. The molecule has 15 rings (SSSR count). The molecule has 598 valence electrons. The van der Waals surface area contributed by atoms with Crippen molar-refractivity contribution in [3.8, 4) is 23.3 Å². The summed E-state index contributed by atoms with van der Waals surface area (Å²) in [6, 6.07) is 22.8. The first kappa shape index (κ1) is 87.5. The van der Waals surface area contributed by atoms with Gasteiger partial charge in [0.1, 0.15) is 48.1 Å². The summed E-state index contributed by atoms with van der Waals surface area (Å²) in [7, 11) is 13.0. The Morgan fingerprint density at radius 3 is 1.61 bits per heavy atom. The van der Waals surface area contributed by atoms with E-state index in [1.54, 1.807) is 129 Å². The second kappa shape index (κ2) is 41.5. The third-order valence-electron chi connectivity index (χ3n) is 16.3. The molecule has 3 unspecified atom stereocenters. The Kier molecular flexibility index (Phi) is 32.1. The van der Waals surface area contributed by atoms with Gasteiger partial charge in [-0.25, -0.2) is 71.0 Å². The Hall–Kier alpha value is -11.0. The molecule has 2 aliphatic rings. The number of aryl methyl sites for hydroxylation is 5. The lowest BCUT2D eigenvalue weighted by Crippen LogP contribution is -2.33. The highest BCUT2D eigenvalue weighted by atomic mass is 127. The van der Waals surface area contributed by atoms with Crippen LogP contribution >= 0.6 is 54.5 Å². The highest BCUT2D eigenvalue weighted by Gasteiger charge is 2.27. The number of aliphatic imine (C=N–C) groups is 2. The van der Waals surface area contributed by atoms with Crippen LogP contribution in [-0.4, -0.2) is 148 Å². The molecule has 0 amide bonds. The predicted molar refractivity (Wildman–Crippen MR) is 424 cm³/mol. The van der Waals surface area contributed by atoms with Crippen LogP contribution in [0.1, 0.15) is 58.6 Å². The maximum atomic E-state index is 13.9. The van der Waals surface area contributed by atoms with Crippen LogP contribution in [-0.2, 0) is 49.9 Å². The molecular weight excluding hydrogens is 1740 g/mol. The fraction of sp³-hybridized carbons (Fsp3) is 0.240.